The van der Waals surface area contributed by atoms with Gasteiger partial charge in [-0.1, -0.05) is 13.8 Å². The minimum Gasteiger partial charge on any atom is -0.482 e. The zero-order valence-electron chi connectivity index (χ0n) is 14.7. The highest BCUT2D eigenvalue weighted by Gasteiger charge is 2.29. The molecule has 1 N–H and O–H groups in total. The molecule has 1 aromatic rings. The number of carbonyl (C=O) groups is 3. The van der Waals surface area contributed by atoms with E-state index in [4.69, 9.17) is 4.74 Å². The van der Waals surface area contributed by atoms with Crippen LogP contribution in [0, 0.1) is 11.8 Å². The Labute approximate surface area is 147 Å². The van der Waals surface area contributed by atoms with Crippen LogP contribution in [-0.4, -0.2) is 42.2 Å². The summed E-state index contributed by atoms with van der Waals surface area (Å²) in [6.45, 7) is 5.34. The maximum absolute atomic E-state index is 12.8. The number of benzene rings is 1. The number of likely N-dealkylation sites (tertiary alicyclic amines) is 1. The highest BCUT2D eigenvalue weighted by atomic mass is 16.5. The van der Waals surface area contributed by atoms with Gasteiger partial charge in [0.2, 0.25) is 5.91 Å². The predicted molar refractivity (Wildman–Crippen MR) is 93.7 cm³/mol. The first-order chi connectivity index (χ1) is 11.9. The first-order valence-corrected chi connectivity index (χ1v) is 8.82. The van der Waals surface area contributed by atoms with Crippen LogP contribution >= 0.6 is 0 Å². The fraction of sp³-hybridized carbons (Fsp3) is 0.526. The summed E-state index contributed by atoms with van der Waals surface area (Å²) in [6.07, 6.45) is 1.92. The summed E-state index contributed by atoms with van der Waals surface area (Å²) in [5.74, 6) is 0.883. The quantitative estimate of drug-likeness (QED) is 0.852. The lowest BCUT2D eigenvalue weighted by Crippen LogP contribution is -2.40. The first-order valence-electron chi connectivity index (χ1n) is 8.82. The van der Waals surface area contributed by atoms with Gasteiger partial charge in [0, 0.05) is 31.0 Å². The molecule has 0 spiro atoms. The lowest BCUT2D eigenvalue weighted by atomic mass is 9.88. The molecule has 3 rings (SSSR count). The van der Waals surface area contributed by atoms with Gasteiger partial charge < -0.3 is 15.0 Å². The molecule has 1 saturated heterocycles. The van der Waals surface area contributed by atoms with Gasteiger partial charge >= 0.3 is 0 Å². The number of fused-ring (bicyclic) bond motifs is 1. The van der Waals surface area contributed by atoms with E-state index < -0.39 is 0 Å². The van der Waals surface area contributed by atoms with Crippen molar-refractivity contribution >= 4 is 23.3 Å². The molecule has 6 nitrogen and oxygen atoms in total. The van der Waals surface area contributed by atoms with Crippen LogP contribution in [0.15, 0.2) is 18.2 Å². The van der Waals surface area contributed by atoms with Crippen LogP contribution in [-0.2, 0) is 9.59 Å². The van der Waals surface area contributed by atoms with Crippen molar-refractivity contribution in [3.63, 3.8) is 0 Å². The number of nitrogens with one attached hydrogen (secondary N) is 1. The topological polar surface area (TPSA) is 75.7 Å². The van der Waals surface area contributed by atoms with Crippen molar-refractivity contribution in [2.45, 2.75) is 33.1 Å². The number of carbonyl (C=O) groups excluding carboxylic acids is 3. The Hall–Kier alpha value is -2.37. The Morgan fingerprint density at radius 3 is 2.68 bits per heavy atom. The number of piperidine rings is 1. The van der Waals surface area contributed by atoms with Crippen molar-refractivity contribution in [3.05, 3.63) is 23.8 Å². The van der Waals surface area contributed by atoms with E-state index in [1.54, 1.807) is 18.2 Å². The molecule has 0 aromatic heterocycles. The van der Waals surface area contributed by atoms with Crippen molar-refractivity contribution in [3.8, 4) is 5.75 Å². The molecule has 2 amide bonds. The third kappa shape index (κ3) is 4.00. The zero-order valence-corrected chi connectivity index (χ0v) is 14.7. The fourth-order valence-electron chi connectivity index (χ4n) is 3.34. The monoisotopic (exact) mass is 344 g/mol. The lowest BCUT2D eigenvalue weighted by molar-refractivity contribution is -0.133. The molecule has 6 heteroatoms. The molecule has 2 heterocycles. The summed E-state index contributed by atoms with van der Waals surface area (Å²) < 4.78 is 5.32. The number of hydrogen-bond donors (Lipinski definition) is 1. The van der Waals surface area contributed by atoms with Crippen LogP contribution in [0.2, 0.25) is 0 Å². The van der Waals surface area contributed by atoms with Gasteiger partial charge in [-0.15, -0.1) is 0 Å². The van der Waals surface area contributed by atoms with E-state index in [0.717, 1.165) is 0 Å². The molecule has 0 aliphatic carbocycles. The van der Waals surface area contributed by atoms with Crippen LogP contribution < -0.4 is 10.1 Å². The largest absolute Gasteiger partial charge is 0.482 e. The Morgan fingerprint density at radius 1 is 1.28 bits per heavy atom. The number of ketones is 1. The van der Waals surface area contributed by atoms with E-state index in [1.807, 2.05) is 18.7 Å². The number of nitrogens with zero attached hydrogens (tertiary/aromatic N) is 1. The summed E-state index contributed by atoms with van der Waals surface area (Å²) in [7, 11) is 0. The summed E-state index contributed by atoms with van der Waals surface area (Å²) >= 11 is 0. The number of amides is 2. The molecular formula is C19H24N2O4. The Bertz CT molecular complexity index is 691. The van der Waals surface area contributed by atoms with E-state index in [0.29, 0.717) is 55.3 Å². The predicted octanol–water partition coefficient (Wildman–Crippen LogP) is 2.48. The van der Waals surface area contributed by atoms with Gasteiger partial charge in [0.25, 0.3) is 5.91 Å². The van der Waals surface area contributed by atoms with Crippen LogP contribution in [0.5, 0.6) is 5.75 Å². The lowest BCUT2D eigenvalue weighted by Gasteiger charge is -2.32. The Balaban J connectivity index is 1.62. The molecule has 0 atom stereocenters. The summed E-state index contributed by atoms with van der Waals surface area (Å²) in [5.41, 5.74) is 1.13. The average Bonchev–Trinajstić information content (AvgIpc) is 2.60. The molecule has 0 bridgehead atoms. The zero-order chi connectivity index (χ0) is 18.0. The van der Waals surface area contributed by atoms with E-state index in [9.17, 15) is 14.4 Å². The van der Waals surface area contributed by atoms with Crippen LogP contribution in [0.25, 0.3) is 0 Å². The third-order valence-electron chi connectivity index (χ3n) is 4.70. The molecular weight excluding hydrogens is 320 g/mol. The average molecular weight is 344 g/mol. The van der Waals surface area contributed by atoms with Gasteiger partial charge in [0.1, 0.15) is 5.75 Å². The van der Waals surface area contributed by atoms with Gasteiger partial charge in [-0.3, -0.25) is 14.4 Å². The van der Waals surface area contributed by atoms with Crippen molar-refractivity contribution in [2.24, 2.45) is 11.8 Å². The summed E-state index contributed by atoms with van der Waals surface area (Å²) in [4.78, 5) is 38.2. The Kier molecular flexibility index (Phi) is 5.06. The van der Waals surface area contributed by atoms with Crippen LogP contribution in [0.3, 0.4) is 0 Å². The number of rotatable bonds is 4. The van der Waals surface area contributed by atoms with E-state index in [2.05, 4.69) is 5.32 Å². The molecule has 134 valence electrons. The Morgan fingerprint density at radius 2 is 2.00 bits per heavy atom. The van der Waals surface area contributed by atoms with Crippen molar-refractivity contribution < 1.29 is 19.1 Å². The SMILES string of the molecule is CC(C)CC(=O)N1CCC(C(=O)c2ccc3c(c2)NC(=O)CO3)CC1. The molecule has 2 aliphatic heterocycles. The minimum atomic E-state index is -0.214. The van der Waals surface area contributed by atoms with Gasteiger partial charge in [0.05, 0.1) is 5.69 Å². The van der Waals surface area contributed by atoms with E-state index in [-0.39, 0.29) is 30.1 Å². The molecule has 0 radical (unpaired) electrons. The number of ether oxygens (including phenoxy) is 1. The molecule has 0 unspecified atom stereocenters. The first kappa shape index (κ1) is 17.5. The number of Topliss-reactive ketones (excluding diaryl/α,β-unsaturated/α-hetero) is 1. The highest BCUT2D eigenvalue weighted by molar-refractivity contribution is 6.01. The molecule has 2 aliphatic rings. The molecule has 25 heavy (non-hydrogen) atoms. The smallest absolute Gasteiger partial charge is 0.262 e. The van der Waals surface area contributed by atoms with Crippen LogP contribution in [0.4, 0.5) is 5.69 Å². The van der Waals surface area contributed by atoms with Crippen LogP contribution in [0.1, 0.15) is 43.5 Å². The second-order valence-corrected chi connectivity index (χ2v) is 7.17. The standard InChI is InChI=1S/C19H24N2O4/c1-12(2)9-18(23)21-7-5-13(6-8-21)19(24)14-3-4-16-15(10-14)20-17(22)11-25-16/h3-4,10,12-13H,5-9,11H2,1-2H3,(H,20,22). The second-order valence-electron chi connectivity index (χ2n) is 7.17. The molecule has 1 fully saturated rings. The van der Waals surface area contributed by atoms with Crippen molar-refractivity contribution in [2.75, 3.05) is 25.0 Å². The summed E-state index contributed by atoms with van der Waals surface area (Å²) in [6, 6.07) is 5.16. The minimum absolute atomic E-state index is 0.00313. The van der Waals surface area contributed by atoms with E-state index in [1.165, 1.54) is 0 Å². The maximum Gasteiger partial charge on any atom is 0.262 e. The second kappa shape index (κ2) is 7.25. The third-order valence-corrected chi connectivity index (χ3v) is 4.70. The van der Waals surface area contributed by atoms with E-state index >= 15 is 0 Å². The molecule has 0 saturated carbocycles. The van der Waals surface area contributed by atoms with Crippen molar-refractivity contribution in [1.29, 1.82) is 0 Å². The van der Waals surface area contributed by atoms with Crippen molar-refractivity contribution in [1.82, 2.24) is 4.90 Å². The number of anilines is 1. The van der Waals surface area contributed by atoms with Gasteiger partial charge in [-0.25, -0.2) is 0 Å². The van der Waals surface area contributed by atoms with Gasteiger partial charge in [-0.05, 0) is 37.0 Å². The van der Waals surface area contributed by atoms with Gasteiger partial charge in [0.15, 0.2) is 12.4 Å². The normalized spacial score (nSPS) is 17.7. The highest BCUT2D eigenvalue weighted by Crippen LogP contribution is 2.31. The number of hydrogen-bond acceptors (Lipinski definition) is 4. The molecule has 1 aromatic carbocycles. The fourth-order valence-corrected chi connectivity index (χ4v) is 3.34. The maximum atomic E-state index is 12.8. The summed E-state index contributed by atoms with van der Waals surface area (Å²) in [5, 5.41) is 2.73. The van der Waals surface area contributed by atoms with Gasteiger partial charge in [-0.2, -0.15) is 0 Å².